The summed E-state index contributed by atoms with van der Waals surface area (Å²) in [7, 11) is 2.19. The highest BCUT2D eigenvalue weighted by atomic mass is 35.5. The zero-order valence-corrected chi connectivity index (χ0v) is 16.6. The van der Waals surface area contributed by atoms with E-state index in [1.165, 1.54) is 32.4 Å². The van der Waals surface area contributed by atoms with Crippen molar-refractivity contribution in [1.29, 1.82) is 0 Å². The van der Waals surface area contributed by atoms with E-state index >= 15 is 0 Å². The van der Waals surface area contributed by atoms with Gasteiger partial charge in [-0.2, -0.15) is 0 Å². The van der Waals surface area contributed by atoms with E-state index in [1.54, 1.807) is 0 Å². The van der Waals surface area contributed by atoms with Gasteiger partial charge in [-0.15, -0.1) is 12.4 Å². The van der Waals surface area contributed by atoms with Crippen molar-refractivity contribution < 1.29 is 4.79 Å². The van der Waals surface area contributed by atoms with Gasteiger partial charge in [-0.1, -0.05) is 19.8 Å². The molecule has 1 amide bonds. The molecule has 2 aliphatic rings. The molecular formula is C18H37ClN4O. The molecule has 2 rings (SSSR count). The van der Waals surface area contributed by atoms with Gasteiger partial charge in [-0.25, -0.2) is 0 Å². The number of likely N-dealkylation sites (tertiary alicyclic amines) is 2. The fourth-order valence-electron chi connectivity index (χ4n) is 4.09. The second kappa shape index (κ2) is 9.37. The quantitative estimate of drug-likeness (QED) is 0.760. The Bertz CT molecular complexity index is 388. The van der Waals surface area contributed by atoms with E-state index < -0.39 is 5.54 Å². The van der Waals surface area contributed by atoms with Crippen LogP contribution in [0.5, 0.6) is 0 Å². The molecule has 1 unspecified atom stereocenters. The van der Waals surface area contributed by atoms with Crippen molar-refractivity contribution in [2.75, 3.05) is 39.8 Å². The first-order valence-corrected chi connectivity index (χ1v) is 9.40. The maximum atomic E-state index is 12.5. The van der Waals surface area contributed by atoms with Crippen LogP contribution >= 0.6 is 12.4 Å². The molecule has 0 aromatic heterocycles. The lowest BCUT2D eigenvalue weighted by atomic mass is 9.83. The number of rotatable bonds is 6. The third kappa shape index (κ3) is 5.32. The van der Waals surface area contributed by atoms with Gasteiger partial charge < -0.3 is 16.0 Å². The summed E-state index contributed by atoms with van der Waals surface area (Å²) in [4.78, 5) is 17.6. The average Bonchev–Trinajstić information content (AvgIpc) is 2.55. The van der Waals surface area contributed by atoms with Gasteiger partial charge >= 0.3 is 0 Å². The maximum Gasteiger partial charge on any atom is 0.239 e. The molecule has 24 heavy (non-hydrogen) atoms. The molecule has 0 radical (unpaired) electrons. The lowest BCUT2D eigenvalue weighted by Crippen LogP contribution is -2.63. The van der Waals surface area contributed by atoms with Crippen LogP contribution in [0.4, 0.5) is 0 Å². The first kappa shape index (κ1) is 21.7. The Balaban J connectivity index is 0.00000288. The topological polar surface area (TPSA) is 61.6 Å². The van der Waals surface area contributed by atoms with Gasteiger partial charge in [-0.3, -0.25) is 9.69 Å². The number of nitrogens with zero attached hydrogens (tertiary/aromatic N) is 2. The number of nitrogens with two attached hydrogens (primary N) is 1. The second-order valence-corrected chi connectivity index (χ2v) is 7.93. The summed E-state index contributed by atoms with van der Waals surface area (Å²) in [6.45, 7) is 9.25. The predicted molar refractivity (Wildman–Crippen MR) is 103 cm³/mol. The largest absolute Gasteiger partial charge is 0.353 e. The van der Waals surface area contributed by atoms with Gasteiger partial charge in [0.2, 0.25) is 5.91 Å². The summed E-state index contributed by atoms with van der Waals surface area (Å²) in [6, 6.07) is 0. The Morgan fingerprint density at radius 3 is 2.29 bits per heavy atom. The van der Waals surface area contributed by atoms with Crippen LogP contribution in [-0.4, -0.2) is 66.6 Å². The Morgan fingerprint density at radius 2 is 1.75 bits per heavy atom. The van der Waals surface area contributed by atoms with Crippen molar-refractivity contribution in [2.24, 2.45) is 5.73 Å². The summed E-state index contributed by atoms with van der Waals surface area (Å²) >= 11 is 0. The lowest BCUT2D eigenvalue weighted by molar-refractivity contribution is -0.127. The zero-order valence-electron chi connectivity index (χ0n) is 15.8. The van der Waals surface area contributed by atoms with Gasteiger partial charge in [0.15, 0.2) is 0 Å². The number of hydrogen-bond donors (Lipinski definition) is 2. The Kier molecular flexibility index (Phi) is 8.46. The van der Waals surface area contributed by atoms with Crippen LogP contribution in [0.3, 0.4) is 0 Å². The van der Waals surface area contributed by atoms with Gasteiger partial charge in [0.1, 0.15) is 0 Å². The van der Waals surface area contributed by atoms with Crippen molar-refractivity contribution in [3.8, 4) is 0 Å². The summed E-state index contributed by atoms with van der Waals surface area (Å²) in [6.07, 6.45) is 7.86. The fraction of sp³-hybridized carbons (Fsp3) is 0.944. The maximum absolute atomic E-state index is 12.5. The second-order valence-electron chi connectivity index (χ2n) is 7.93. The highest BCUT2D eigenvalue weighted by molar-refractivity contribution is 5.85. The number of piperidine rings is 2. The third-order valence-electron chi connectivity index (χ3n) is 5.81. The molecule has 0 spiro atoms. The van der Waals surface area contributed by atoms with E-state index in [0.717, 1.165) is 45.3 Å². The van der Waals surface area contributed by atoms with Gasteiger partial charge in [0, 0.05) is 12.1 Å². The molecule has 0 aliphatic carbocycles. The van der Waals surface area contributed by atoms with Crippen molar-refractivity contribution >= 4 is 18.3 Å². The molecule has 142 valence electrons. The molecule has 0 aromatic carbocycles. The summed E-state index contributed by atoms with van der Waals surface area (Å²) in [5.74, 6) is 0.00895. The van der Waals surface area contributed by atoms with Gasteiger partial charge in [0.25, 0.3) is 0 Å². The molecule has 2 fully saturated rings. The molecule has 5 nitrogen and oxygen atoms in total. The van der Waals surface area contributed by atoms with Crippen LogP contribution in [0.1, 0.15) is 58.8 Å². The van der Waals surface area contributed by atoms with Crippen molar-refractivity contribution in [3.63, 3.8) is 0 Å². The number of amides is 1. The number of halogens is 1. The first-order valence-electron chi connectivity index (χ1n) is 9.40. The molecular weight excluding hydrogens is 324 g/mol. The molecule has 2 aliphatic heterocycles. The van der Waals surface area contributed by atoms with Crippen LogP contribution < -0.4 is 11.1 Å². The minimum absolute atomic E-state index is 0. The van der Waals surface area contributed by atoms with E-state index in [-0.39, 0.29) is 23.9 Å². The SMILES string of the molecule is CCCC(C)(N)C(=O)NCC1(N2CCCCC2)CCN(C)CC1.Cl. The summed E-state index contributed by atoms with van der Waals surface area (Å²) in [5, 5.41) is 3.21. The van der Waals surface area contributed by atoms with E-state index in [4.69, 9.17) is 5.73 Å². The smallest absolute Gasteiger partial charge is 0.239 e. The number of carbonyl (C=O) groups excluding carboxylic acids is 1. The fourth-order valence-corrected chi connectivity index (χ4v) is 4.09. The van der Waals surface area contributed by atoms with E-state index in [0.29, 0.717) is 0 Å². The van der Waals surface area contributed by atoms with Crippen LogP contribution in [0.15, 0.2) is 0 Å². The molecule has 6 heteroatoms. The van der Waals surface area contributed by atoms with Crippen LogP contribution in [-0.2, 0) is 4.79 Å². The Morgan fingerprint density at radius 1 is 1.17 bits per heavy atom. The molecule has 0 aromatic rings. The minimum atomic E-state index is -0.747. The number of nitrogens with one attached hydrogen (secondary N) is 1. The van der Waals surface area contributed by atoms with Crippen LogP contribution in [0.2, 0.25) is 0 Å². The van der Waals surface area contributed by atoms with Crippen molar-refractivity contribution in [2.45, 2.75) is 69.9 Å². The third-order valence-corrected chi connectivity index (χ3v) is 5.81. The summed E-state index contributed by atoms with van der Waals surface area (Å²) < 4.78 is 0. The standard InChI is InChI=1S/C18H36N4O.ClH/c1-4-8-17(2,19)16(23)20-15-18(9-13-21(3)14-10-18)22-11-6-5-7-12-22;/h4-15,19H2,1-3H3,(H,20,23);1H. The normalized spacial score (nSPS) is 24.7. The molecule has 3 N–H and O–H groups in total. The first-order chi connectivity index (χ1) is 10.9. The zero-order chi connectivity index (χ0) is 16.9. The molecule has 2 saturated heterocycles. The Hall–Kier alpha value is -0.360. The highest BCUT2D eigenvalue weighted by Crippen LogP contribution is 2.31. The predicted octanol–water partition coefficient (Wildman–Crippen LogP) is 1.99. The van der Waals surface area contributed by atoms with E-state index in [1.807, 2.05) is 6.92 Å². The molecule has 0 saturated carbocycles. The van der Waals surface area contributed by atoms with E-state index in [9.17, 15) is 4.79 Å². The minimum Gasteiger partial charge on any atom is -0.353 e. The van der Waals surface area contributed by atoms with Crippen LogP contribution in [0, 0.1) is 0 Å². The molecule has 1 atom stereocenters. The van der Waals surface area contributed by atoms with Crippen molar-refractivity contribution in [3.05, 3.63) is 0 Å². The Labute approximate surface area is 154 Å². The lowest BCUT2D eigenvalue weighted by Gasteiger charge is -2.50. The van der Waals surface area contributed by atoms with Crippen LogP contribution in [0.25, 0.3) is 0 Å². The number of carbonyl (C=O) groups is 1. The molecule has 2 heterocycles. The van der Waals surface area contributed by atoms with Gasteiger partial charge in [0.05, 0.1) is 5.54 Å². The highest BCUT2D eigenvalue weighted by Gasteiger charge is 2.40. The summed E-state index contributed by atoms with van der Waals surface area (Å²) in [5.41, 5.74) is 5.58. The van der Waals surface area contributed by atoms with Crippen molar-refractivity contribution in [1.82, 2.24) is 15.1 Å². The van der Waals surface area contributed by atoms with Gasteiger partial charge in [-0.05, 0) is 72.3 Å². The number of hydrogen-bond acceptors (Lipinski definition) is 4. The molecule has 0 bridgehead atoms. The monoisotopic (exact) mass is 360 g/mol. The van der Waals surface area contributed by atoms with E-state index in [2.05, 4.69) is 29.1 Å². The average molecular weight is 361 g/mol.